The SMILES string of the molecule is CN1CCCC(N(C)Cc2cc(Cl)ccc2N)C1. The molecule has 2 N–H and O–H groups in total. The number of benzene rings is 1. The molecule has 4 heteroatoms. The van der Waals surface area contributed by atoms with Crippen molar-refractivity contribution < 1.29 is 0 Å². The van der Waals surface area contributed by atoms with Crippen LogP contribution in [0.4, 0.5) is 5.69 Å². The first-order valence-electron chi connectivity index (χ1n) is 6.49. The van der Waals surface area contributed by atoms with Gasteiger partial charge in [0, 0.05) is 29.8 Å². The van der Waals surface area contributed by atoms with E-state index in [0.717, 1.165) is 29.4 Å². The lowest BCUT2D eigenvalue weighted by molar-refractivity contribution is 0.129. The van der Waals surface area contributed by atoms with Crippen LogP contribution in [0.15, 0.2) is 18.2 Å². The third-order valence-electron chi connectivity index (χ3n) is 3.75. The number of halogens is 1. The van der Waals surface area contributed by atoms with Gasteiger partial charge in [-0.3, -0.25) is 4.90 Å². The molecule has 1 aliphatic rings. The molecule has 0 aliphatic carbocycles. The summed E-state index contributed by atoms with van der Waals surface area (Å²) in [6.07, 6.45) is 2.54. The van der Waals surface area contributed by atoms with Gasteiger partial charge < -0.3 is 10.6 Å². The molecular formula is C14H22ClN3. The molecule has 1 saturated heterocycles. The molecule has 1 aliphatic heterocycles. The zero-order valence-electron chi connectivity index (χ0n) is 11.2. The smallest absolute Gasteiger partial charge is 0.0410 e. The van der Waals surface area contributed by atoms with Gasteiger partial charge in [-0.15, -0.1) is 0 Å². The average Bonchev–Trinajstić information content (AvgIpc) is 2.34. The zero-order valence-corrected chi connectivity index (χ0v) is 12.0. The Morgan fingerprint density at radius 1 is 1.50 bits per heavy atom. The summed E-state index contributed by atoms with van der Waals surface area (Å²) < 4.78 is 0. The molecular weight excluding hydrogens is 246 g/mol. The first kappa shape index (κ1) is 13.7. The lowest BCUT2D eigenvalue weighted by Crippen LogP contribution is -2.44. The minimum atomic E-state index is 0.613. The molecule has 18 heavy (non-hydrogen) atoms. The average molecular weight is 268 g/mol. The second kappa shape index (κ2) is 5.91. The number of hydrogen-bond acceptors (Lipinski definition) is 3. The van der Waals surface area contributed by atoms with Crippen molar-refractivity contribution in [1.82, 2.24) is 9.80 Å². The van der Waals surface area contributed by atoms with Gasteiger partial charge >= 0.3 is 0 Å². The first-order chi connectivity index (χ1) is 8.56. The van der Waals surface area contributed by atoms with Crippen LogP contribution in [0.3, 0.4) is 0 Å². The van der Waals surface area contributed by atoms with Crippen LogP contribution in [0.25, 0.3) is 0 Å². The molecule has 0 radical (unpaired) electrons. The first-order valence-corrected chi connectivity index (χ1v) is 6.87. The largest absolute Gasteiger partial charge is 0.398 e. The van der Waals surface area contributed by atoms with Crippen LogP contribution >= 0.6 is 11.6 Å². The number of likely N-dealkylation sites (N-methyl/N-ethyl adjacent to an activating group) is 2. The molecule has 0 amide bonds. The van der Waals surface area contributed by atoms with Gasteiger partial charge in [-0.2, -0.15) is 0 Å². The molecule has 100 valence electrons. The van der Waals surface area contributed by atoms with Gasteiger partial charge in [0.1, 0.15) is 0 Å². The molecule has 1 aromatic rings. The molecule has 1 unspecified atom stereocenters. The van der Waals surface area contributed by atoms with E-state index in [4.69, 9.17) is 17.3 Å². The highest BCUT2D eigenvalue weighted by Crippen LogP contribution is 2.21. The number of nitrogen functional groups attached to an aromatic ring is 1. The highest BCUT2D eigenvalue weighted by molar-refractivity contribution is 6.30. The van der Waals surface area contributed by atoms with Crippen molar-refractivity contribution in [3.05, 3.63) is 28.8 Å². The van der Waals surface area contributed by atoms with E-state index in [0.29, 0.717) is 6.04 Å². The van der Waals surface area contributed by atoms with Crippen LogP contribution in [-0.2, 0) is 6.54 Å². The standard InChI is InChI=1S/C14H22ClN3/c1-17-7-3-4-13(10-17)18(2)9-11-8-12(15)5-6-14(11)16/h5-6,8,13H,3-4,7,9-10,16H2,1-2H3. The summed E-state index contributed by atoms with van der Waals surface area (Å²) in [4.78, 5) is 4.78. The van der Waals surface area contributed by atoms with Gasteiger partial charge in [0.2, 0.25) is 0 Å². The normalized spacial score (nSPS) is 21.4. The van der Waals surface area contributed by atoms with E-state index in [1.54, 1.807) is 0 Å². The monoisotopic (exact) mass is 267 g/mol. The Bertz CT molecular complexity index is 408. The number of piperidine rings is 1. The predicted octanol–water partition coefficient (Wildman–Crippen LogP) is 2.45. The van der Waals surface area contributed by atoms with Crippen LogP contribution in [0.2, 0.25) is 5.02 Å². The fourth-order valence-electron chi connectivity index (χ4n) is 2.61. The molecule has 2 rings (SSSR count). The highest BCUT2D eigenvalue weighted by atomic mass is 35.5. The summed E-state index contributed by atoms with van der Waals surface area (Å²) in [7, 11) is 4.36. The quantitative estimate of drug-likeness (QED) is 0.854. The van der Waals surface area contributed by atoms with Gasteiger partial charge in [0.15, 0.2) is 0 Å². The summed E-state index contributed by atoms with van der Waals surface area (Å²) >= 11 is 6.03. The number of hydrogen-bond donors (Lipinski definition) is 1. The molecule has 0 bridgehead atoms. The lowest BCUT2D eigenvalue weighted by Gasteiger charge is -2.36. The van der Waals surface area contributed by atoms with Crippen molar-refractivity contribution in [3.8, 4) is 0 Å². The number of likely N-dealkylation sites (tertiary alicyclic amines) is 1. The molecule has 1 aromatic carbocycles. The predicted molar refractivity (Wildman–Crippen MR) is 77.9 cm³/mol. The summed E-state index contributed by atoms with van der Waals surface area (Å²) in [5.74, 6) is 0. The van der Waals surface area contributed by atoms with Crippen LogP contribution < -0.4 is 5.73 Å². The molecule has 1 fully saturated rings. The molecule has 0 saturated carbocycles. The van der Waals surface area contributed by atoms with Gasteiger partial charge in [-0.1, -0.05) is 11.6 Å². The van der Waals surface area contributed by atoms with Gasteiger partial charge in [0.25, 0.3) is 0 Å². The van der Waals surface area contributed by atoms with E-state index in [-0.39, 0.29) is 0 Å². The summed E-state index contributed by atoms with van der Waals surface area (Å²) in [6.45, 7) is 3.21. The van der Waals surface area contributed by atoms with Gasteiger partial charge in [-0.25, -0.2) is 0 Å². The Morgan fingerprint density at radius 3 is 3.00 bits per heavy atom. The van der Waals surface area contributed by atoms with E-state index in [1.807, 2.05) is 18.2 Å². The number of nitrogens with two attached hydrogens (primary N) is 1. The highest BCUT2D eigenvalue weighted by Gasteiger charge is 2.21. The van der Waals surface area contributed by atoms with Crippen LogP contribution in [0.5, 0.6) is 0 Å². The third-order valence-corrected chi connectivity index (χ3v) is 3.98. The Morgan fingerprint density at radius 2 is 2.28 bits per heavy atom. The fourth-order valence-corrected chi connectivity index (χ4v) is 2.80. The molecule has 1 heterocycles. The topological polar surface area (TPSA) is 32.5 Å². The van der Waals surface area contributed by atoms with Crippen molar-refractivity contribution in [1.29, 1.82) is 0 Å². The zero-order chi connectivity index (χ0) is 13.1. The maximum Gasteiger partial charge on any atom is 0.0410 e. The van der Waals surface area contributed by atoms with Crippen molar-refractivity contribution in [3.63, 3.8) is 0 Å². The Balaban J connectivity index is 2.01. The van der Waals surface area contributed by atoms with E-state index in [9.17, 15) is 0 Å². The maximum absolute atomic E-state index is 6.03. The summed E-state index contributed by atoms with van der Waals surface area (Å²) in [6, 6.07) is 6.31. The van der Waals surface area contributed by atoms with E-state index in [1.165, 1.54) is 19.4 Å². The van der Waals surface area contributed by atoms with Crippen molar-refractivity contribution in [2.24, 2.45) is 0 Å². The number of rotatable bonds is 3. The van der Waals surface area contributed by atoms with Crippen LogP contribution in [0.1, 0.15) is 18.4 Å². The second-order valence-corrected chi connectivity index (χ2v) is 5.75. The van der Waals surface area contributed by atoms with Crippen LogP contribution in [-0.4, -0.2) is 43.0 Å². The van der Waals surface area contributed by atoms with Gasteiger partial charge in [0.05, 0.1) is 0 Å². The Hall–Kier alpha value is -0.770. The summed E-state index contributed by atoms with van der Waals surface area (Å²) in [5, 5.41) is 0.758. The van der Waals surface area contributed by atoms with Crippen molar-refractivity contribution in [2.75, 3.05) is 32.9 Å². The van der Waals surface area contributed by atoms with Crippen molar-refractivity contribution >= 4 is 17.3 Å². The second-order valence-electron chi connectivity index (χ2n) is 5.32. The minimum absolute atomic E-state index is 0.613. The van der Waals surface area contributed by atoms with E-state index in [2.05, 4.69) is 23.9 Å². The van der Waals surface area contributed by atoms with E-state index < -0.39 is 0 Å². The molecule has 1 atom stereocenters. The number of nitrogens with zero attached hydrogens (tertiary/aromatic N) is 2. The van der Waals surface area contributed by atoms with Crippen LogP contribution in [0, 0.1) is 0 Å². The van der Waals surface area contributed by atoms with Gasteiger partial charge in [-0.05, 0) is 57.2 Å². The minimum Gasteiger partial charge on any atom is -0.398 e. The van der Waals surface area contributed by atoms with Crippen molar-refractivity contribution in [2.45, 2.75) is 25.4 Å². The maximum atomic E-state index is 6.03. The molecule has 0 aromatic heterocycles. The Labute approximate surface area is 115 Å². The lowest BCUT2D eigenvalue weighted by atomic mass is 10.0. The number of anilines is 1. The summed E-state index contributed by atoms with van der Waals surface area (Å²) in [5.41, 5.74) is 7.95. The fraction of sp³-hybridized carbons (Fsp3) is 0.571. The van der Waals surface area contributed by atoms with E-state index >= 15 is 0 Å². The molecule has 3 nitrogen and oxygen atoms in total. The third kappa shape index (κ3) is 3.37. The molecule has 0 spiro atoms. The Kier molecular flexibility index (Phi) is 4.49.